The van der Waals surface area contributed by atoms with Gasteiger partial charge in [0.2, 0.25) is 0 Å². The van der Waals surface area contributed by atoms with Crippen LogP contribution in [-0.2, 0) is 9.05 Å². The van der Waals surface area contributed by atoms with E-state index in [0.29, 0.717) is 0 Å². The summed E-state index contributed by atoms with van der Waals surface area (Å²) < 4.78 is 46.9. The molecule has 1 aromatic heterocycles. The van der Waals surface area contributed by atoms with Crippen molar-refractivity contribution in [2.75, 3.05) is 0 Å². The molecule has 0 unspecified atom stereocenters. The minimum absolute atomic E-state index is 0.194. The topological polar surface area (TPSA) is 47.0 Å². The lowest BCUT2D eigenvalue weighted by Crippen LogP contribution is -2.04. The van der Waals surface area contributed by atoms with Crippen molar-refractivity contribution in [2.45, 2.75) is 18.2 Å². The van der Waals surface area contributed by atoms with E-state index in [1.165, 1.54) is 6.92 Å². The Balaban J connectivity index is 3.62. The van der Waals surface area contributed by atoms with E-state index in [1.54, 1.807) is 0 Å². The lowest BCUT2D eigenvalue weighted by molar-refractivity contribution is 0.142. The van der Waals surface area contributed by atoms with E-state index in [0.717, 1.165) is 6.07 Å². The van der Waals surface area contributed by atoms with Gasteiger partial charge in [-0.2, -0.15) is 0 Å². The minimum atomic E-state index is -4.33. The molecule has 0 aliphatic carbocycles. The third-order valence-corrected chi connectivity index (χ3v) is 3.32. The molecule has 0 saturated carbocycles. The second-order valence-electron chi connectivity index (χ2n) is 2.70. The molecule has 0 saturated heterocycles. The van der Waals surface area contributed by atoms with E-state index in [-0.39, 0.29) is 10.7 Å². The van der Waals surface area contributed by atoms with Crippen LogP contribution in [0.5, 0.6) is 0 Å². The van der Waals surface area contributed by atoms with Gasteiger partial charge in [-0.15, -0.1) is 0 Å². The summed E-state index contributed by atoms with van der Waals surface area (Å²) >= 11 is 5.53. The standard InChI is InChI=1S/C7H5Cl2F2NO2S/c1-3-2-4(8)6(15(9,13)14)5(12-3)7(10)11/h2,7H,1H3. The molecule has 0 aliphatic heterocycles. The second-order valence-corrected chi connectivity index (χ2v) is 5.61. The van der Waals surface area contributed by atoms with Crippen LogP contribution in [-0.4, -0.2) is 13.4 Å². The molecule has 0 radical (unpaired) electrons. The summed E-state index contributed by atoms with van der Waals surface area (Å²) in [5, 5.41) is -0.354. The normalized spacial score (nSPS) is 12.1. The molecule has 0 bridgehead atoms. The van der Waals surface area contributed by atoms with Crippen LogP contribution in [0.25, 0.3) is 0 Å². The summed E-state index contributed by atoms with van der Waals surface area (Å²) in [7, 11) is 0.652. The first-order chi connectivity index (χ1) is 6.73. The van der Waals surface area contributed by atoms with Gasteiger partial charge in [0.05, 0.1) is 5.02 Å². The lowest BCUT2D eigenvalue weighted by Gasteiger charge is -2.07. The number of alkyl halides is 2. The largest absolute Gasteiger partial charge is 0.281 e. The Morgan fingerprint density at radius 2 is 2.00 bits per heavy atom. The first kappa shape index (κ1) is 12.6. The Bertz CT molecular complexity index is 490. The highest BCUT2D eigenvalue weighted by Gasteiger charge is 2.26. The third kappa shape index (κ3) is 2.76. The fourth-order valence-corrected chi connectivity index (χ4v) is 2.87. The smallest absolute Gasteiger partial charge is 0.251 e. The molecule has 1 rings (SSSR count). The minimum Gasteiger partial charge on any atom is -0.251 e. The van der Waals surface area contributed by atoms with Crippen LogP contribution >= 0.6 is 22.3 Å². The van der Waals surface area contributed by atoms with Gasteiger partial charge in [0.25, 0.3) is 15.5 Å². The lowest BCUT2D eigenvalue weighted by atomic mass is 10.3. The van der Waals surface area contributed by atoms with Gasteiger partial charge >= 0.3 is 0 Å². The first-order valence-electron chi connectivity index (χ1n) is 3.63. The summed E-state index contributed by atoms with van der Waals surface area (Å²) in [6, 6.07) is 1.16. The zero-order chi connectivity index (χ0) is 11.8. The van der Waals surface area contributed by atoms with Crippen molar-refractivity contribution in [1.29, 1.82) is 0 Å². The Morgan fingerprint density at radius 3 is 2.40 bits per heavy atom. The summed E-state index contributed by atoms with van der Waals surface area (Å²) in [6.07, 6.45) is -3.05. The highest BCUT2D eigenvalue weighted by molar-refractivity contribution is 8.13. The van der Waals surface area contributed by atoms with Crippen molar-refractivity contribution in [3.8, 4) is 0 Å². The number of hydrogen-bond acceptors (Lipinski definition) is 3. The van der Waals surface area contributed by atoms with Gasteiger partial charge in [0.15, 0.2) is 0 Å². The van der Waals surface area contributed by atoms with Crippen molar-refractivity contribution in [1.82, 2.24) is 4.98 Å². The maximum Gasteiger partial charge on any atom is 0.281 e. The maximum atomic E-state index is 12.5. The zero-order valence-corrected chi connectivity index (χ0v) is 9.67. The monoisotopic (exact) mass is 275 g/mol. The van der Waals surface area contributed by atoms with Crippen LogP contribution in [0.15, 0.2) is 11.0 Å². The number of aromatic nitrogens is 1. The van der Waals surface area contributed by atoms with Gasteiger partial charge in [-0.25, -0.2) is 17.2 Å². The average Bonchev–Trinajstić information content (AvgIpc) is 1.99. The zero-order valence-electron chi connectivity index (χ0n) is 7.34. The highest BCUT2D eigenvalue weighted by Crippen LogP contribution is 2.33. The van der Waals surface area contributed by atoms with Crippen molar-refractivity contribution in [3.63, 3.8) is 0 Å². The van der Waals surface area contributed by atoms with Crippen LogP contribution in [0.3, 0.4) is 0 Å². The fourth-order valence-electron chi connectivity index (χ4n) is 1.03. The van der Waals surface area contributed by atoms with Crippen LogP contribution in [0.1, 0.15) is 17.8 Å². The van der Waals surface area contributed by atoms with Crippen molar-refractivity contribution in [2.24, 2.45) is 0 Å². The van der Waals surface area contributed by atoms with E-state index in [1.807, 2.05) is 0 Å². The summed E-state index contributed by atoms with van der Waals surface area (Å²) in [4.78, 5) is 2.57. The molecular weight excluding hydrogens is 271 g/mol. The number of pyridine rings is 1. The molecular formula is C7H5Cl2F2NO2S. The average molecular weight is 276 g/mol. The van der Waals surface area contributed by atoms with Crippen molar-refractivity contribution < 1.29 is 17.2 Å². The van der Waals surface area contributed by atoms with Crippen LogP contribution < -0.4 is 0 Å². The number of nitrogens with zero attached hydrogens (tertiary/aromatic N) is 1. The maximum absolute atomic E-state index is 12.5. The van der Waals surface area contributed by atoms with Crippen LogP contribution in [0, 0.1) is 6.92 Å². The highest BCUT2D eigenvalue weighted by atomic mass is 35.7. The van der Waals surface area contributed by atoms with E-state index in [9.17, 15) is 17.2 Å². The van der Waals surface area contributed by atoms with Crippen molar-refractivity contribution >= 4 is 31.3 Å². The third-order valence-electron chi connectivity index (χ3n) is 1.53. The van der Waals surface area contributed by atoms with E-state index < -0.39 is 26.1 Å². The number of halogens is 4. The second kappa shape index (κ2) is 4.19. The predicted molar refractivity (Wildman–Crippen MR) is 52.0 cm³/mol. The molecule has 0 aromatic carbocycles. The van der Waals surface area contributed by atoms with E-state index in [2.05, 4.69) is 4.98 Å². The molecule has 84 valence electrons. The van der Waals surface area contributed by atoms with Crippen molar-refractivity contribution in [3.05, 3.63) is 22.5 Å². The Kier molecular flexibility index (Phi) is 3.52. The molecule has 0 N–H and O–H groups in total. The van der Waals surface area contributed by atoms with Gasteiger partial charge in [-0.3, -0.25) is 4.98 Å². The molecule has 0 atom stereocenters. The van der Waals surface area contributed by atoms with Gasteiger partial charge in [0.1, 0.15) is 10.6 Å². The summed E-state index contributed by atoms with van der Waals surface area (Å²) in [6.45, 7) is 1.42. The quantitative estimate of drug-likeness (QED) is 0.780. The fraction of sp³-hybridized carbons (Fsp3) is 0.286. The van der Waals surface area contributed by atoms with E-state index >= 15 is 0 Å². The summed E-state index contributed by atoms with van der Waals surface area (Å²) in [5.74, 6) is 0. The van der Waals surface area contributed by atoms with E-state index in [4.69, 9.17) is 22.3 Å². The van der Waals surface area contributed by atoms with Crippen LogP contribution in [0.2, 0.25) is 5.02 Å². The molecule has 1 heterocycles. The van der Waals surface area contributed by atoms with Gasteiger partial charge in [-0.1, -0.05) is 11.6 Å². The Morgan fingerprint density at radius 1 is 1.47 bits per heavy atom. The summed E-state index contributed by atoms with van der Waals surface area (Å²) in [5.41, 5.74) is -0.727. The first-order valence-corrected chi connectivity index (χ1v) is 6.32. The molecule has 8 heteroatoms. The number of rotatable bonds is 2. The Labute approximate surface area is 94.4 Å². The molecule has 0 aliphatic rings. The molecule has 1 aromatic rings. The van der Waals surface area contributed by atoms with Gasteiger partial charge in [-0.05, 0) is 13.0 Å². The molecule has 15 heavy (non-hydrogen) atoms. The number of hydrogen-bond donors (Lipinski definition) is 0. The Hall–Kier alpha value is -0.460. The number of aryl methyl sites for hydroxylation is 1. The molecule has 0 spiro atoms. The molecule has 0 fully saturated rings. The van der Waals surface area contributed by atoms with Crippen LogP contribution in [0.4, 0.5) is 8.78 Å². The van der Waals surface area contributed by atoms with Gasteiger partial charge in [0, 0.05) is 16.4 Å². The predicted octanol–water partition coefficient (Wildman–Crippen LogP) is 2.91. The van der Waals surface area contributed by atoms with Gasteiger partial charge < -0.3 is 0 Å². The molecule has 3 nitrogen and oxygen atoms in total. The molecule has 0 amide bonds. The SMILES string of the molecule is Cc1cc(Cl)c(S(=O)(=O)Cl)c(C(F)F)n1.